The lowest BCUT2D eigenvalue weighted by molar-refractivity contribution is -0.149. The van der Waals surface area contributed by atoms with E-state index in [1.165, 1.54) is 77.0 Å². The maximum Gasteiger partial charge on any atom is 0.308 e. The van der Waals surface area contributed by atoms with Crippen molar-refractivity contribution in [1.82, 2.24) is 0 Å². The average Bonchev–Trinajstić information content (AvgIpc) is 2.62. The predicted octanol–water partition coefficient (Wildman–Crippen LogP) is 7.84. The van der Waals surface area contributed by atoms with Crippen molar-refractivity contribution in [1.29, 1.82) is 0 Å². The Balaban J connectivity index is 3.29. The summed E-state index contributed by atoms with van der Waals surface area (Å²) in [5.41, 5.74) is 0. The van der Waals surface area contributed by atoms with Crippen LogP contribution in [0.1, 0.15) is 130 Å². The van der Waals surface area contributed by atoms with Gasteiger partial charge >= 0.3 is 5.97 Å². The normalized spacial score (nSPS) is 12.3. The lowest BCUT2D eigenvalue weighted by Gasteiger charge is -2.13. The zero-order valence-corrected chi connectivity index (χ0v) is 17.6. The van der Waals surface area contributed by atoms with E-state index in [0.717, 1.165) is 32.1 Å². The summed E-state index contributed by atoms with van der Waals surface area (Å²) in [5, 5.41) is 0. The minimum Gasteiger partial charge on any atom is -0.465 e. The van der Waals surface area contributed by atoms with Crippen molar-refractivity contribution in [3.8, 4) is 0 Å². The van der Waals surface area contributed by atoms with Crippen LogP contribution in [0.15, 0.2) is 0 Å². The van der Waals surface area contributed by atoms with Gasteiger partial charge in [0.15, 0.2) is 0 Å². The van der Waals surface area contributed by atoms with Gasteiger partial charge < -0.3 is 4.74 Å². The number of carbonyl (C=O) groups excluding carboxylic acids is 1. The van der Waals surface area contributed by atoms with Crippen LogP contribution in [0.3, 0.4) is 0 Å². The standard InChI is InChI=1S/C23H46O2/c1-4-7-9-10-11-12-13-14-15-16-17-18-19-21-25-23(24)22(6-3)20-8-5-2/h22H,4-21H2,1-3H3. The molecule has 2 nitrogen and oxygen atoms in total. The maximum atomic E-state index is 12.0. The number of carbonyl (C=O) groups is 1. The summed E-state index contributed by atoms with van der Waals surface area (Å²) in [6, 6.07) is 0. The molecule has 0 N–H and O–H groups in total. The van der Waals surface area contributed by atoms with Crippen LogP contribution in [0.2, 0.25) is 0 Å². The molecule has 25 heavy (non-hydrogen) atoms. The van der Waals surface area contributed by atoms with Crippen LogP contribution in [0.5, 0.6) is 0 Å². The monoisotopic (exact) mass is 354 g/mol. The molecule has 0 amide bonds. The highest BCUT2D eigenvalue weighted by molar-refractivity contribution is 5.72. The van der Waals surface area contributed by atoms with E-state index >= 15 is 0 Å². The molecule has 2 heteroatoms. The van der Waals surface area contributed by atoms with Crippen molar-refractivity contribution >= 4 is 5.97 Å². The van der Waals surface area contributed by atoms with Crippen LogP contribution in [-0.2, 0) is 9.53 Å². The van der Waals surface area contributed by atoms with E-state index in [4.69, 9.17) is 4.74 Å². The Labute approximate surface area is 158 Å². The Morgan fingerprint density at radius 3 is 1.52 bits per heavy atom. The van der Waals surface area contributed by atoms with E-state index in [0.29, 0.717) is 6.61 Å². The van der Waals surface area contributed by atoms with Crippen LogP contribution in [0.25, 0.3) is 0 Å². The van der Waals surface area contributed by atoms with Gasteiger partial charge in [-0.3, -0.25) is 4.79 Å². The molecule has 0 spiro atoms. The largest absolute Gasteiger partial charge is 0.465 e. The molecule has 150 valence electrons. The summed E-state index contributed by atoms with van der Waals surface area (Å²) in [5.74, 6) is 0.164. The molecule has 0 aliphatic heterocycles. The Morgan fingerprint density at radius 1 is 0.640 bits per heavy atom. The molecule has 0 aromatic rings. The molecule has 0 aromatic carbocycles. The highest BCUT2D eigenvalue weighted by Crippen LogP contribution is 2.15. The van der Waals surface area contributed by atoms with Crippen molar-refractivity contribution in [3.05, 3.63) is 0 Å². The van der Waals surface area contributed by atoms with Gasteiger partial charge in [-0.15, -0.1) is 0 Å². The Morgan fingerprint density at radius 2 is 1.08 bits per heavy atom. The second kappa shape index (κ2) is 19.8. The highest BCUT2D eigenvalue weighted by atomic mass is 16.5. The first-order valence-electron chi connectivity index (χ1n) is 11.4. The van der Waals surface area contributed by atoms with Crippen LogP contribution in [0, 0.1) is 5.92 Å². The average molecular weight is 355 g/mol. The topological polar surface area (TPSA) is 26.3 Å². The fourth-order valence-electron chi connectivity index (χ4n) is 3.35. The lowest BCUT2D eigenvalue weighted by Crippen LogP contribution is -2.17. The second-order valence-corrected chi connectivity index (χ2v) is 7.66. The van der Waals surface area contributed by atoms with Gasteiger partial charge in [-0.25, -0.2) is 0 Å². The Hall–Kier alpha value is -0.530. The molecule has 0 bridgehead atoms. The van der Waals surface area contributed by atoms with Gasteiger partial charge in [0, 0.05) is 0 Å². The smallest absolute Gasteiger partial charge is 0.308 e. The van der Waals surface area contributed by atoms with E-state index < -0.39 is 0 Å². The van der Waals surface area contributed by atoms with Crippen molar-refractivity contribution in [3.63, 3.8) is 0 Å². The second-order valence-electron chi connectivity index (χ2n) is 7.66. The first kappa shape index (κ1) is 24.5. The van der Waals surface area contributed by atoms with Crippen molar-refractivity contribution in [2.24, 2.45) is 5.92 Å². The molecule has 0 aliphatic rings. The lowest BCUT2D eigenvalue weighted by atomic mass is 10.00. The van der Waals surface area contributed by atoms with Gasteiger partial charge in [0.05, 0.1) is 12.5 Å². The van der Waals surface area contributed by atoms with Gasteiger partial charge in [0.25, 0.3) is 0 Å². The van der Waals surface area contributed by atoms with Gasteiger partial charge in [-0.2, -0.15) is 0 Å². The minimum absolute atomic E-state index is 0.0369. The van der Waals surface area contributed by atoms with Gasteiger partial charge in [0.2, 0.25) is 0 Å². The summed E-state index contributed by atoms with van der Waals surface area (Å²) in [4.78, 5) is 12.0. The van der Waals surface area contributed by atoms with E-state index in [1.54, 1.807) is 0 Å². The Bertz CT molecular complexity index is 275. The SMILES string of the molecule is CCCCCCCCCCCCCCCOC(=O)C(CC)CCCC. The number of hydrogen-bond donors (Lipinski definition) is 0. The first-order valence-corrected chi connectivity index (χ1v) is 11.4. The molecule has 0 fully saturated rings. The fraction of sp³-hybridized carbons (Fsp3) is 0.957. The summed E-state index contributed by atoms with van der Waals surface area (Å²) in [6.45, 7) is 7.16. The van der Waals surface area contributed by atoms with Crippen LogP contribution in [0.4, 0.5) is 0 Å². The summed E-state index contributed by atoms with van der Waals surface area (Å²) >= 11 is 0. The molecular formula is C23H46O2. The zero-order valence-electron chi connectivity index (χ0n) is 17.6. The number of rotatable bonds is 19. The molecule has 0 aliphatic carbocycles. The molecule has 0 saturated heterocycles. The van der Waals surface area contributed by atoms with Crippen LogP contribution >= 0.6 is 0 Å². The molecule has 0 saturated carbocycles. The third-order valence-electron chi connectivity index (χ3n) is 5.22. The molecule has 0 radical (unpaired) electrons. The van der Waals surface area contributed by atoms with E-state index in [-0.39, 0.29) is 11.9 Å². The molecule has 0 heterocycles. The summed E-state index contributed by atoms with van der Waals surface area (Å²) in [7, 11) is 0. The molecular weight excluding hydrogens is 308 g/mol. The van der Waals surface area contributed by atoms with E-state index in [1.807, 2.05) is 0 Å². The van der Waals surface area contributed by atoms with Crippen molar-refractivity contribution < 1.29 is 9.53 Å². The molecule has 1 unspecified atom stereocenters. The Kier molecular flexibility index (Phi) is 19.4. The first-order chi connectivity index (χ1) is 12.3. The van der Waals surface area contributed by atoms with Crippen molar-refractivity contribution in [2.75, 3.05) is 6.61 Å². The number of unbranched alkanes of at least 4 members (excludes halogenated alkanes) is 13. The predicted molar refractivity (Wildman–Crippen MR) is 110 cm³/mol. The minimum atomic E-state index is 0.0369. The number of hydrogen-bond acceptors (Lipinski definition) is 2. The number of ether oxygens (including phenoxy) is 1. The fourth-order valence-corrected chi connectivity index (χ4v) is 3.35. The summed E-state index contributed by atoms with van der Waals surface area (Å²) in [6.07, 6.45) is 21.7. The summed E-state index contributed by atoms with van der Waals surface area (Å²) < 4.78 is 5.45. The third-order valence-corrected chi connectivity index (χ3v) is 5.22. The van der Waals surface area contributed by atoms with Gasteiger partial charge in [-0.05, 0) is 19.3 Å². The van der Waals surface area contributed by atoms with Crippen LogP contribution < -0.4 is 0 Å². The molecule has 0 aromatic heterocycles. The van der Waals surface area contributed by atoms with Crippen molar-refractivity contribution in [2.45, 2.75) is 130 Å². The molecule has 0 rings (SSSR count). The number of esters is 1. The highest BCUT2D eigenvalue weighted by Gasteiger charge is 2.16. The molecule has 1 atom stereocenters. The van der Waals surface area contributed by atoms with Crippen LogP contribution in [-0.4, -0.2) is 12.6 Å². The van der Waals surface area contributed by atoms with Gasteiger partial charge in [-0.1, -0.05) is 111 Å². The maximum absolute atomic E-state index is 12.0. The third kappa shape index (κ3) is 16.7. The van der Waals surface area contributed by atoms with E-state index in [2.05, 4.69) is 20.8 Å². The van der Waals surface area contributed by atoms with E-state index in [9.17, 15) is 4.79 Å². The zero-order chi connectivity index (χ0) is 18.6. The quantitative estimate of drug-likeness (QED) is 0.174. The van der Waals surface area contributed by atoms with Gasteiger partial charge in [0.1, 0.15) is 0 Å².